The maximum absolute atomic E-state index is 12.3. The molecule has 1 aromatic carbocycles. The summed E-state index contributed by atoms with van der Waals surface area (Å²) in [6.45, 7) is 5.08. The van der Waals surface area contributed by atoms with Crippen molar-refractivity contribution in [1.29, 1.82) is 0 Å². The van der Waals surface area contributed by atoms with Crippen LogP contribution in [0.25, 0.3) is 0 Å². The third kappa shape index (κ3) is 7.04. The van der Waals surface area contributed by atoms with Crippen LogP contribution in [0.2, 0.25) is 0 Å². The maximum Gasteiger partial charge on any atom is 0.410 e. The first-order valence-electron chi connectivity index (χ1n) is 10.6. The molecule has 0 heterocycles. The summed E-state index contributed by atoms with van der Waals surface area (Å²) in [4.78, 5) is 35.6. The van der Waals surface area contributed by atoms with E-state index in [1.807, 2.05) is 30.3 Å². The van der Waals surface area contributed by atoms with E-state index in [1.165, 1.54) is 6.92 Å². The average molecular weight is 420 g/mol. The summed E-state index contributed by atoms with van der Waals surface area (Å²) in [5, 5.41) is 12.3. The fourth-order valence-corrected chi connectivity index (χ4v) is 4.19. The first kappa shape index (κ1) is 23.7. The van der Waals surface area contributed by atoms with Gasteiger partial charge in [0, 0.05) is 18.9 Å². The fourth-order valence-electron chi connectivity index (χ4n) is 4.19. The van der Waals surface area contributed by atoms with Crippen molar-refractivity contribution < 1.29 is 29.0 Å². The molecule has 1 aliphatic rings. The third-order valence-corrected chi connectivity index (χ3v) is 5.78. The zero-order valence-corrected chi connectivity index (χ0v) is 18.1. The molecule has 1 saturated carbocycles. The Bertz CT molecular complexity index is 720. The van der Waals surface area contributed by atoms with Crippen LogP contribution in [0.3, 0.4) is 0 Å². The Morgan fingerprint density at radius 3 is 2.47 bits per heavy atom. The molecule has 0 spiro atoms. The standard InChI is InChI=1S/C23H33NO6/c1-16(2)21(27)29-17(3)30-22(28)24-15-23(14-20(25)26)12-8-7-11-19(23)13-18-9-5-4-6-10-18/h4-6,9-10,16-17,19H,7-8,11-15H2,1-3H3,(H,24,28)(H,25,26). The molecule has 1 fully saturated rings. The molecule has 0 bridgehead atoms. The van der Waals surface area contributed by atoms with Crippen LogP contribution in [0.15, 0.2) is 30.3 Å². The van der Waals surface area contributed by atoms with Crippen LogP contribution in [0.1, 0.15) is 58.4 Å². The van der Waals surface area contributed by atoms with Gasteiger partial charge in [-0.05, 0) is 30.7 Å². The summed E-state index contributed by atoms with van der Waals surface area (Å²) in [7, 11) is 0. The largest absolute Gasteiger partial charge is 0.481 e. The first-order valence-corrected chi connectivity index (χ1v) is 10.6. The number of carbonyl (C=O) groups is 3. The van der Waals surface area contributed by atoms with E-state index in [2.05, 4.69) is 5.32 Å². The van der Waals surface area contributed by atoms with Gasteiger partial charge in [-0.2, -0.15) is 0 Å². The molecular weight excluding hydrogens is 386 g/mol. The fraction of sp³-hybridized carbons (Fsp3) is 0.609. The number of hydrogen-bond donors (Lipinski definition) is 2. The number of nitrogens with one attached hydrogen (secondary N) is 1. The highest BCUT2D eigenvalue weighted by molar-refractivity contribution is 5.72. The zero-order chi connectivity index (χ0) is 22.1. The molecule has 1 amide bonds. The summed E-state index contributed by atoms with van der Waals surface area (Å²) < 4.78 is 10.2. The van der Waals surface area contributed by atoms with E-state index in [0.29, 0.717) is 0 Å². The van der Waals surface area contributed by atoms with E-state index in [9.17, 15) is 19.5 Å². The Labute approximate surface area is 178 Å². The van der Waals surface area contributed by atoms with Crippen molar-refractivity contribution in [3.8, 4) is 0 Å². The first-order chi connectivity index (χ1) is 14.2. The summed E-state index contributed by atoms with van der Waals surface area (Å²) >= 11 is 0. The number of carbonyl (C=O) groups excluding carboxylic acids is 2. The molecule has 7 heteroatoms. The second-order valence-corrected chi connectivity index (χ2v) is 8.48. The lowest BCUT2D eigenvalue weighted by molar-refractivity contribution is -0.168. The van der Waals surface area contributed by atoms with E-state index < -0.39 is 29.7 Å². The highest BCUT2D eigenvalue weighted by Crippen LogP contribution is 2.45. The van der Waals surface area contributed by atoms with Crippen LogP contribution < -0.4 is 5.32 Å². The number of ether oxygens (including phenoxy) is 2. The van der Waals surface area contributed by atoms with Gasteiger partial charge in [-0.25, -0.2) is 4.79 Å². The van der Waals surface area contributed by atoms with Crippen molar-refractivity contribution in [3.05, 3.63) is 35.9 Å². The van der Waals surface area contributed by atoms with Crippen LogP contribution in [-0.2, 0) is 25.5 Å². The summed E-state index contributed by atoms with van der Waals surface area (Å²) in [5.41, 5.74) is 0.618. The van der Waals surface area contributed by atoms with Crippen molar-refractivity contribution in [2.24, 2.45) is 17.3 Å². The van der Waals surface area contributed by atoms with Gasteiger partial charge < -0.3 is 19.9 Å². The molecule has 30 heavy (non-hydrogen) atoms. The summed E-state index contributed by atoms with van der Waals surface area (Å²) in [6, 6.07) is 10.0. The number of esters is 1. The number of alkyl carbamates (subject to hydrolysis) is 1. The van der Waals surface area contributed by atoms with E-state index in [0.717, 1.165) is 37.7 Å². The molecule has 7 nitrogen and oxygen atoms in total. The molecule has 0 saturated heterocycles. The van der Waals surface area contributed by atoms with Crippen molar-refractivity contribution in [2.45, 2.75) is 65.6 Å². The van der Waals surface area contributed by atoms with Gasteiger partial charge in [-0.3, -0.25) is 9.59 Å². The number of benzene rings is 1. The molecule has 0 radical (unpaired) electrons. The van der Waals surface area contributed by atoms with Gasteiger partial charge >= 0.3 is 18.0 Å². The minimum atomic E-state index is -1.01. The van der Waals surface area contributed by atoms with Crippen LogP contribution in [0, 0.1) is 17.3 Å². The highest BCUT2D eigenvalue weighted by Gasteiger charge is 2.42. The molecule has 3 atom stereocenters. The monoisotopic (exact) mass is 419 g/mol. The van der Waals surface area contributed by atoms with E-state index in [1.54, 1.807) is 13.8 Å². The Morgan fingerprint density at radius 1 is 1.13 bits per heavy atom. The Balaban J connectivity index is 2.04. The SMILES string of the molecule is CC(OC(=O)NCC1(CC(=O)O)CCCCC1Cc1ccccc1)OC(=O)C(C)C. The topological polar surface area (TPSA) is 102 Å². The minimum absolute atomic E-state index is 0.0112. The molecule has 2 N–H and O–H groups in total. The normalized spacial score (nSPS) is 22.2. The molecule has 3 unspecified atom stereocenters. The van der Waals surface area contributed by atoms with Crippen LogP contribution >= 0.6 is 0 Å². The van der Waals surface area contributed by atoms with E-state index in [-0.39, 0.29) is 24.8 Å². The molecule has 1 aromatic rings. The van der Waals surface area contributed by atoms with Gasteiger partial charge in [0.15, 0.2) is 0 Å². The number of rotatable bonds is 9. The van der Waals surface area contributed by atoms with Crippen molar-refractivity contribution in [1.82, 2.24) is 5.32 Å². The molecular formula is C23H33NO6. The highest BCUT2D eigenvalue weighted by atomic mass is 16.7. The number of aliphatic carboxylic acids is 1. The molecule has 166 valence electrons. The van der Waals surface area contributed by atoms with Gasteiger partial charge in [0.05, 0.1) is 12.3 Å². The lowest BCUT2D eigenvalue weighted by Gasteiger charge is -2.44. The Hall–Kier alpha value is -2.57. The molecule has 1 aliphatic carbocycles. The van der Waals surface area contributed by atoms with Crippen molar-refractivity contribution >= 4 is 18.0 Å². The van der Waals surface area contributed by atoms with Crippen LogP contribution in [0.5, 0.6) is 0 Å². The van der Waals surface area contributed by atoms with E-state index >= 15 is 0 Å². The minimum Gasteiger partial charge on any atom is -0.481 e. The van der Waals surface area contributed by atoms with Crippen LogP contribution in [-0.4, -0.2) is 36.0 Å². The maximum atomic E-state index is 12.3. The van der Waals surface area contributed by atoms with Crippen molar-refractivity contribution in [2.75, 3.05) is 6.54 Å². The van der Waals surface area contributed by atoms with Gasteiger partial charge in [0.25, 0.3) is 0 Å². The van der Waals surface area contributed by atoms with Crippen LogP contribution in [0.4, 0.5) is 4.79 Å². The van der Waals surface area contributed by atoms with Crippen molar-refractivity contribution in [3.63, 3.8) is 0 Å². The predicted octanol–water partition coefficient (Wildman–Crippen LogP) is 4.15. The quantitative estimate of drug-likeness (QED) is 0.460. The second-order valence-electron chi connectivity index (χ2n) is 8.48. The second kappa shape index (κ2) is 11.0. The molecule has 0 aromatic heterocycles. The van der Waals surface area contributed by atoms with Gasteiger partial charge in [-0.1, -0.05) is 57.0 Å². The third-order valence-electron chi connectivity index (χ3n) is 5.78. The average Bonchev–Trinajstić information content (AvgIpc) is 2.68. The molecule has 2 rings (SSSR count). The summed E-state index contributed by atoms with van der Waals surface area (Å²) in [5.74, 6) is -1.50. The van der Waals surface area contributed by atoms with Gasteiger partial charge in [0.1, 0.15) is 0 Å². The van der Waals surface area contributed by atoms with Gasteiger partial charge in [0.2, 0.25) is 6.29 Å². The predicted molar refractivity (Wildman–Crippen MR) is 112 cm³/mol. The number of hydrogen-bond acceptors (Lipinski definition) is 5. The smallest absolute Gasteiger partial charge is 0.410 e. The zero-order valence-electron chi connectivity index (χ0n) is 18.1. The number of carboxylic acids is 1. The lowest BCUT2D eigenvalue weighted by atomic mass is 9.62. The number of carboxylic acid groups (broad SMARTS) is 1. The Kier molecular flexibility index (Phi) is 8.69. The Morgan fingerprint density at radius 2 is 1.83 bits per heavy atom. The van der Waals surface area contributed by atoms with E-state index in [4.69, 9.17) is 9.47 Å². The lowest BCUT2D eigenvalue weighted by Crippen LogP contribution is -2.47. The number of amides is 1. The van der Waals surface area contributed by atoms with Gasteiger partial charge in [-0.15, -0.1) is 0 Å². The molecule has 0 aliphatic heterocycles. The summed E-state index contributed by atoms with van der Waals surface area (Å²) in [6.07, 6.45) is 2.66.